The monoisotopic (exact) mass is 325 g/mol. The highest BCUT2D eigenvalue weighted by atomic mass is 79.9. The lowest BCUT2D eigenvalue weighted by Crippen LogP contribution is -2.34. The molecule has 2 nitrogen and oxygen atoms in total. The van der Waals surface area contributed by atoms with Gasteiger partial charge in [-0.05, 0) is 24.7 Å². The summed E-state index contributed by atoms with van der Waals surface area (Å²) >= 11 is 2.65. The van der Waals surface area contributed by atoms with Crippen LogP contribution in [-0.2, 0) is 6.54 Å². The Bertz CT molecular complexity index is 367. The maximum atomic E-state index is 12.4. The number of benzene rings is 1. The standard InChI is InChI=1S/C12H15BrF3NO/c1-17(8-11(13)12(14,15)16)7-9-3-5-10(18-2)6-4-9/h3-6,11H,7-8H2,1-2H3. The second kappa shape index (κ2) is 6.43. The Morgan fingerprint density at radius 3 is 2.28 bits per heavy atom. The van der Waals surface area contributed by atoms with Crippen LogP contribution in [0.5, 0.6) is 5.75 Å². The van der Waals surface area contributed by atoms with Crippen molar-refractivity contribution in [3.8, 4) is 5.75 Å². The molecule has 0 amide bonds. The second-order valence-corrected chi connectivity index (χ2v) is 5.16. The molecule has 18 heavy (non-hydrogen) atoms. The molecule has 1 aromatic rings. The Morgan fingerprint density at radius 2 is 1.83 bits per heavy atom. The lowest BCUT2D eigenvalue weighted by Gasteiger charge is -2.22. The van der Waals surface area contributed by atoms with Gasteiger partial charge in [-0.15, -0.1) is 0 Å². The van der Waals surface area contributed by atoms with Gasteiger partial charge in [0.25, 0.3) is 0 Å². The third kappa shape index (κ3) is 4.86. The minimum atomic E-state index is -4.21. The normalized spacial score (nSPS) is 13.7. The molecule has 6 heteroatoms. The van der Waals surface area contributed by atoms with Crippen LogP contribution in [0.1, 0.15) is 5.56 Å². The molecule has 1 rings (SSSR count). The molecule has 0 saturated carbocycles. The van der Waals surface area contributed by atoms with Gasteiger partial charge in [0.2, 0.25) is 0 Å². The lowest BCUT2D eigenvalue weighted by atomic mass is 10.2. The Labute approximate surface area is 113 Å². The van der Waals surface area contributed by atoms with Crippen molar-refractivity contribution in [3.05, 3.63) is 29.8 Å². The maximum Gasteiger partial charge on any atom is 0.402 e. The van der Waals surface area contributed by atoms with Crippen LogP contribution in [0, 0.1) is 0 Å². The Hall–Kier alpha value is -0.750. The number of halogens is 4. The van der Waals surface area contributed by atoms with Crippen LogP contribution in [0.25, 0.3) is 0 Å². The third-order valence-electron chi connectivity index (χ3n) is 2.44. The Kier molecular flexibility index (Phi) is 5.47. The first kappa shape index (κ1) is 15.3. The van der Waals surface area contributed by atoms with Gasteiger partial charge in [-0.3, -0.25) is 0 Å². The predicted octanol–water partition coefficient (Wildman–Crippen LogP) is 3.45. The van der Waals surface area contributed by atoms with Crippen LogP contribution in [-0.4, -0.2) is 36.6 Å². The average molecular weight is 326 g/mol. The van der Waals surface area contributed by atoms with Crippen LogP contribution in [0.2, 0.25) is 0 Å². The highest BCUT2D eigenvalue weighted by Gasteiger charge is 2.38. The summed E-state index contributed by atoms with van der Waals surface area (Å²) in [5.41, 5.74) is 0.945. The minimum absolute atomic E-state index is 0.0878. The zero-order valence-electron chi connectivity index (χ0n) is 10.2. The number of hydrogen-bond acceptors (Lipinski definition) is 2. The van der Waals surface area contributed by atoms with E-state index in [-0.39, 0.29) is 6.54 Å². The highest BCUT2D eigenvalue weighted by Crippen LogP contribution is 2.27. The Balaban J connectivity index is 2.51. The number of nitrogens with zero attached hydrogens (tertiary/aromatic N) is 1. The van der Waals surface area contributed by atoms with Crippen molar-refractivity contribution >= 4 is 15.9 Å². The topological polar surface area (TPSA) is 12.5 Å². The van der Waals surface area contributed by atoms with Crippen molar-refractivity contribution in [2.45, 2.75) is 17.5 Å². The fraction of sp³-hybridized carbons (Fsp3) is 0.500. The molecule has 0 aliphatic carbocycles. The molecule has 0 heterocycles. The van der Waals surface area contributed by atoms with Crippen molar-refractivity contribution < 1.29 is 17.9 Å². The SMILES string of the molecule is COc1ccc(CN(C)CC(Br)C(F)(F)F)cc1. The van der Waals surface area contributed by atoms with E-state index in [4.69, 9.17) is 4.74 Å². The number of rotatable bonds is 5. The van der Waals surface area contributed by atoms with Crippen molar-refractivity contribution in [3.63, 3.8) is 0 Å². The van der Waals surface area contributed by atoms with E-state index >= 15 is 0 Å². The van der Waals surface area contributed by atoms with E-state index in [0.717, 1.165) is 11.3 Å². The molecule has 1 atom stereocenters. The summed E-state index contributed by atoms with van der Waals surface area (Å²) in [7, 11) is 3.23. The molecular formula is C12H15BrF3NO. The molecule has 0 saturated heterocycles. The molecule has 102 valence electrons. The average Bonchev–Trinajstić information content (AvgIpc) is 2.28. The zero-order valence-corrected chi connectivity index (χ0v) is 11.8. The van der Waals surface area contributed by atoms with E-state index in [2.05, 4.69) is 15.9 Å². The van der Waals surface area contributed by atoms with Crippen LogP contribution in [0.15, 0.2) is 24.3 Å². The van der Waals surface area contributed by atoms with Gasteiger partial charge in [-0.1, -0.05) is 28.1 Å². The minimum Gasteiger partial charge on any atom is -0.497 e. The fourth-order valence-electron chi connectivity index (χ4n) is 1.48. The molecule has 1 aromatic carbocycles. The highest BCUT2D eigenvalue weighted by molar-refractivity contribution is 9.09. The van der Waals surface area contributed by atoms with Gasteiger partial charge in [0.1, 0.15) is 10.6 Å². The van der Waals surface area contributed by atoms with Gasteiger partial charge >= 0.3 is 6.18 Å². The molecule has 0 N–H and O–H groups in total. The summed E-state index contributed by atoms with van der Waals surface area (Å²) in [6, 6.07) is 7.26. The first-order chi connectivity index (χ1) is 8.32. The maximum absolute atomic E-state index is 12.4. The van der Waals surface area contributed by atoms with E-state index < -0.39 is 11.0 Å². The van der Waals surface area contributed by atoms with E-state index in [9.17, 15) is 13.2 Å². The first-order valence-electron chi connectivity index (χ1n) is 5.35. The van der Waals surface area contributed by atoms with Gasteiger partial charge in [0.05, 0.1) is 7.11 Å². The molecule has 0 bridgehead atoms. The largest absolute Gasteiger partial charge is 0.497 e. The lowest BCUT2D eigenvalue weighted by molar-refractivity contribution is -0.130. The molecule has 0 aromatic heterocycles. The van der Waals surface area contributed by atoms with Crippen molar-refractivity contribution in [1.29, 1.82) is 0 Å². The summed E-state index contributed by atoms with van der Waals surface area (Å²) < 4.78 is 42.1. The Morgan fingerprint density at radius 1 is 1.28 bits per heavy atom. The van der Waals surface area contributed by atoms with Crippen LogP contribution in [0.4, 0.5) is 13.2 Å². The number of ether oxygens (including phenoxy) is 1. The quantitative estimate of drug-likeness (QED) is 0.769. The van der Waals surface area contributed by atoms with Gasteiger partial charge in [0, 0.05) is 13.1 Å². The summed E-state index contributed by atoms with van der Waals surface area (Å²) in [5.74, 6) is 0.732. The van der Waals surface area contributed by atoms with Crippen LogP contribution in [0.3, 0.4) is 0 Å². The van der Waals surface area contributed by atoms with E-state index in [1.807, 2.05) is 12.1 Å². The van der Waals surface area contributed by atoms with Gasteiger partial charge in [-0.25, -0.2) is 0 Å². The summed E-state index contributed by atoms with van der Waals surface area (Å²) in [4.78, 5) is 0.114. The zero-order chi connectivity index (χ0) is 13.8. The molecule has 1 unspecified atom stereocenters. The van der Waals surface area contributed by atoms with Crippen LogP contribution >= 0.6 is 15.9 Å². The summed E-state index contributed by atoms with van der Waals surface area (Å²) in [6.45, 7) is 0.373. The molecule has 0 radical (unpaired) electrons. The predicted molar refractivity (Wildman–Crippen MR) is 68.1 cm³/mol. The molecule has 0 aliphatic heterocycles. The van der Waals surface area contributed by atoms with E-state index in [0.29, 0.717) is 6.54 Å². The van der Waals surface area contributed by atoms with Crippen LogP contribution < -0.4 is 4.74 Å². The van der Waals surface area contributed by atoms with Crippen molar-refractivity contribution in [1.82, 2.24) is 4.90 Å². The van der Waals surface area contributed by atoms with E-state index in [1.165, 1.54) is 0 Å². The smallest absolute Gasteiger partial charge is 0.402 e. The number of alkyl halides is 4. The van der Waals surface area contributed by atoms with E-state index in [1.54, 1.807) is 31.2 Å². The van der Waals surface area contributed by atoms with Gasteiger partial charge in [-0.2, -0.15) is 13.2 Å². The number of hydrogen-bond donors (Lipinski definition) is 0. The van der Waals surface area contributed by atoms with Crippen molar-refractivity contribution in [2.75, 3.05) is 20.7 Å². The third-order valence-corrected chi connectivity index (χ3v) is 3.25. The molecule has 0 fully saturated rings. The second-order valence-electron chi connectivity index (χ2n) is 4.05. The summed E-state index contributed by atoms with van der Waals surface area (Å²) in [6.07, 6.45) is -4.21. The van der Waals surface area contributed by atoms with Gasteiger partial charge < -0.3 is 9.64 Å². The first-order valence-corrected chi connectivity index (χ1v) is 6.26. The fourth-order valence-corrected chi connectivity index (χ4v) is 1.98. The van der Waals surface area contributed by atoms with Crippen molar-refractivity contribution in [2.24, 2.45) is 0 Å². The number of methoxy groups -OCH3 is 1. The molecular weight excluding hydrogens is 311 g/mol. The molecule has 0 aliphatic rings. The van der Waals surface area contributed by atoms with Gasteiger partial charge in [0.15, 0.2) is 0 Å². The summed E-state index contributed by atoms with van der Waals surface area (Å²) in [5, 5.41) is 0. The molecule has 0 spiro atoms.